The summed E-state index contributed by atoms with van der Waals surface area (Å²) in [4.78, 5) is 11.8. The van der Waals surface area contributed by atoms with E-state index in [1.807, 2.05) is 25.1 Å². The molecule has 0 aliphatic heterocycles. The van der Waals surface area contributed by atoms with Crippen molar-refractivity contribution in [1.82, 2.24) is 0 Å². The standard InChI is InChI=1S/C15H23O4P/c1-4-11-18-15(16)13(3)12-20(17,19-5-2)14-9-7-6-8-10-14/h6-10,13H,4-5,11-12H2,1-3H3. The van der Waals surface area contributed by atoms with Crippen molar-refractivity contribution in [2.24, 2.45) is 5.92 Å². The fraction of sp³-hybridized carbons (Fsp3) is 0.533. The van der Waals surface area contributed by atoms with Crippen LogP contribution in [0.4, 0.5) is 0 Å². The molecule has 0 saturated carbocycles. The van der Waals surface area contributed by atoms with Gasteiger partial charge in [0.05, 0.1) is 19.1 Å². The second-order valence-electron chi connectivity index (χ2n) is 4.68. The first kappa shape index (κ1) is 16.9. The minimum absolute atomic E-state index is 0.174. The minimum Gasteiger partial charge on any atom is -0.465 e. The summed E-state index contributed by atoms with van der Waals surface area (Å²) in [7, 11) is -3.01. The lowest BCUT2D eigenvalue weighted by molar-refractivity contribution is -0.147. The van der Waals surface area contributed by atoms with Gasteiger partial charge in [-0.15, -0.1) is 0 Å². The van der Waals surface area contributed by atoms with Gasteiger partial charge in [0, 0.05) is 11.5 Å². The van der Waals surface area contributed by atoms with E-state index in [2.05, 4.69) is 0 Å². The summed E-state index contributed by atoms with van der Waals surface area (Å²) in [6.45, 7) is 6.21. The van der Waals surface area contributed by atoms with Gasteiger partial charge in [-0.25, -0.2) is 0 Å². The lowest BCUT2D eigenvalue weighted by atomic mass is 10.2. The third kappa shape index (κ3) is 4.77. The van der Waals surface area contributed by atoms with Gasteiger partial charge in [0.2, 0.25) is 7.37 Å². The van der Waals surface area contributed by atoms with Crippen LogP contribution in [0.15, 0.2) is 30.3 Å². The summed E-state index contributed by atoms with van der Waals surface area (Å²) in [5, 5.41) is 0.650. The number of hydrogen-bond donors (Lipinski definition) is 0. The van der Waals surface area contributed by atoms with Crippen molar-refractivity contribution in [3.05, 3.63) is 30.3 Å². The smallest absolute Gasteiger partial charge is 0.309 e. The van der Waals surface area contributed by atoms with E-state index in [1.54, 1.807) is 26.0 Å². The fourth-order valence-electron chi connectivity index (χ4n) is 1.88. The van der Waals surface area contributed by atoms with Crippen LogP contribution in [0.5, 0.6) is 0 Å². The molecule has 0 aromatic heterocycles. The van der Waals surface area contributed by atoms with Crippen LogP contribution in [0.3, 0.4) is 0 Å². The maximum absolute atomic E-state index is 13.0. The van der Waals surface area contributed by atoms with Crippen molar-refractivity contribution < 1.29 is 18.6 Å². The molecule has 0 aliphatic carbocycles. The highest BCUT2D eigenvalue weighted by Crippen LogP contribution is 2.47. The summed E-state index contributed by atoms with van der Waals surface area (Å²) in [6, 6.07) is 9.06. The molecule has 2 atom stereocenters. The van der Waals surface area contributed by atoms with Gasteiger partial charge in [0.1, 0.15) is 0 Å². The number of rotatable bonds is 8. The van der Waals surface area contributed by atoms with E-state index in [1.165, 1.54) is 0 Å². The molecule has 0 fully saturated rings. The lowest BCUT2D eigenvalue weighted by Crippen LogP contribution is -2.22. The molecule has 1 aromatic carbocycles. The third-order valence-corrected chi connectivity index (χ3v) is 5.64. The predicted octanol–water partition coefficient (Wildman–Crippen LogP) is 3.22. The first-order chi connectivity index (χ1) is 9.53. The van der Waals surface area contributed by atoms with Crippen LogP contribution in [0.2, 0.25) is 0 Å². The van der Waals surface area contributed by atoms with Crippen LogP contribution in [0.25, 0.3) is 0 Å². The normalized spacial score (nSPS) is 15.3. The molecule has 1 aromatic rings. The Labute approximate surface area is 120 Å². The first-order valence-electron chi connectivity index (χ1n) is 6.99. The summed E-state index contributed by atoms with van der Waals surface area (Å²) in [5.74, 6) is -0.762. The molecular formula is C15H23O4P. The number of carbonyl (C=O) groups excluding carboxylic acids is 1. The summed E-state index contributed by atoms with van der Waals surface area (Å²) in [6.07, 6.45) is 0.952. The maximum atomic E-state index is 13.0. The number of carbonyl (C=O) groups is 1. The molecule has 4 nitrogen and oxygen atoms in total. The van der Waals surface area contributed by atoms with Crippen LogP contribution in [0.1, 0.15) is 27.2 Å². The number of esters is 1. The molecule has 0 aliphatic rings. The summed E-state index contributed by atoms with van der Waals surface area (Å²) >= 11 is 0. The van der Waals surface area contributed by atoms with Crippen LogP contribution >= 0.6 is 7.37 Å². The van der Waals surface area contributed by atoms with E-state index in [9.17, 15) is 9.36 Å². The average Bonchev–Trinajstić information content (AvgIpc) is 2.45. The van der Waals surface area contributed by atoms with Gasteiger partial charge < -0.3 is 9.26 Å². The molecule has 20 heavy (non-hydrogen) atoms. The molecule has 112 valence electrons. The third-order valence-electron chi connectivity index (χ3n) is 2.85. The molecule has 0 radical (unpaired) electrons. The molecule has 2 unspecified atom stereocenters. The topological polar surface area (TPSA) is 52.6 Å². The van der Waals surface area contributed by atoms with Crippen molar-refractivity contribution in [3.63, 3.8) is 0 Å². The summed E-state index contributed by atoms with van der Waals surface area (Å²) < 4.78 is 23.6. The second kappa shape index (κ2) is 8.23. The molecular weight excluding hydrogens is 275 g/mol. The Balaban J connectivity index is 2.82. The van der Waals surface area contributed by atoms with E-state index in [-0.39, 0.29) is 12.1 Å². The monoisotopic (exact) mass is 298 g/mol. The summed E-state index contributed by atoms with van der Waals surface area (Å²) in [5.41, 5.74) is 0. The van der Waals surface area contributed by atoms with E-state index >= 15 is 0 Å². The Morgan fingerprint density at radius 3 is 2.45 bits per heavy atom. The molecule has 1 rings (SSSR count). The Kier molecular flexibility index (Phi) is 6.97. The molecule has 0 spiro atoms. The SMILES string of the molecule is CCCOC(=O)C(C)CP(=O)(OCC)c1ccccc1. The molecule has 0 amide bonds. The zero-order valence-corrected chi connectivity index (χ0v) is 13.3. The highest BCUT2D eigenvalue weighted by Gasteiger charge is 2.31. The van der Waals surface area contributed by atoms with Crippen molar-refractivity contribution in [1.29, 1.82) is 0 Å². The quantitative estimate of drug-likeness (QED) is 0.546. The van der Waals surface area contributed by atoms with E-state index < -0.39 is 13.3 Å². The van der Waals surface area contributed by atoms with Gasteiger partial charge in [0.25, 0.3) is 0 Å². The predicted molar refractivity (Wildman–Crippen MR) is 80.6 cm³/mol. The highest BCUT2D eigenvalue weighted by molar-refractivity contribution is 7.67. The van der Waals surface area contributed by atoms with Crippen molar-refractivity contribution in [3.8, 4) is 0 Å². The van der Waals surface area contributed by atoms with E-state index in [4.69, 9.17) is 9.26 Å². The van der Waals surface area contributed by atoms with Crippen LogP contribution in [-0.4, -0.2) is 25.3 Å². The molecule has 0 heterocycles. The zero-order valence-electron chi connectivity index (χ0n) is 12.4. The zero-order chi connectivity index (χ0) is 15.0. The van der Waals surface area contributed by atoms with Crippen LogP contribution in [-0.2, 0) is 18.6 Å². The highest BCUT2D eigenvalue weighted by atomic mass is 31.2. The Hall–Kier alpha value is -1.12. The Bertz CT molecular complexity index is 458. The van der Waals surface area contributed by atoms with Crippen LogP contribution < -0.4 is 5.30 Å². The molecule has 5 heteroatoms. The van der Waals surface area contributed by atoms with Gasteiger partial charge >= 0.3 is 5.97 Å². The minimum atomic E-state index is -3.01. The molecule has 0 bridgehead atoms. The number of hydrogen-bond acceptors (Lipinski definition) is 4. The van der Waals surface area contributed by atoms with Gasteiger partial charge in [0.15, 0.2) is 0 Å². The molecule has 0 N–H and O–H groups in total. The molecule has 0 saturated heterocycles. The van der Waals surface area contributed by atoms with Crippen molar-refractivity contribution in [2.45, 2.75) is 27.2 Å². The second-order valence-corrected chi connectivity index (χ2v) is 7.16. The Morgan fingerprint density at radius 1 is 1.25 bits per heavy atom. The Morgan fingerprint density at radius 2 is 1.90 bits per heavy atom. The average molecular weight is 298 g/mol. The maximum Gasteiger partial charge on any atom is 0.309 e. The van der Waals surface area contributed by atoms with E-state index in [0.29, 0.717) is 18.5 Å². The largest absolute Gasteiger partial charge is 0.465 e. The van der Waals surface area contributed by atoms with Gasteiger partial charge in [-0.3, -0.25) is 9.36 Å². The van der Waals surface area contributed by atoms with Crippen molar-refractivity contribution in [2.75, 3.05) is 19.4 Å². The number of benzene rings is 1. The van der Waals surface area contributed by atoms with E-state index in [0.717, 1.165) is 6.42 Å². The lowest BCUT2D eigenvalue weighted by Gasteiger charge is -2.21. The van der Waals surface area contributed by atoms with Gasteiger partial charge in [-0.2, -0.15) is 0 Å². The van der Waals surface area contributed by atoms with Crippen LogP contribution in [0, 0.1) is 5.92 Å². The fourth-order valence-corrected chi connectivity index (χ4v) is 4.26. The van der Waals surface area contributed by atoms with Gasteiger partial charge in [-0.05, 0) is 25.5 Å². The van der Waals surface area contributed by atoms with Gasteiger partial charge in [-0.1, -0.05) is 32.0 Å². The van der Waals surface area contributed by atoms with Crippen molar-refractivity contribution >= 4 is 18.6 Å². The first-order valence-corrected chi connectivity index (χ1v) is 8.80. The number of ether oxygens (including phenoxy) is 1.